The average molecular weight is 343 g/mol. The molecule has 1 aliphatic carbocycles. The quantitative estimate of drug-likeness (QED) is 0.794. The second-order valence-corrected chi connectivity index (χ2v) is 6.86. The molecule has 2 fully saturated rings. The van der Waals surface area contributed by atoms with Gasteiger partial charge in [0.05, 0.1) is 12.6 Å². The zero-order valence-electron chi connectivity index (χ0n) is 14.4. The van der Waals surface area contributed by atoms with E-state index in [4.69, 9.17) is 0 Å². The zero-order chi connectivity index (χ0) is 17.6. The van der Waals surface area contributed by atoms with Crippen molar-refractivity contribution in [3.05, 3.63) is 35.9 Å². The Kier molecular flexibility index (Phi) is 5.81. The van der Waals surface area contributed by atoms with E-state index in [0.717, 1.165) is 19.3 Å². The summed E-state index contributed by atoms with van der Waals surface area (Å²) in [6, 6.07) is 8.54. The fraction of sp³-hybridized carbons (Fsp3) is 0.526. The van der Waals surface area contributed by atoms with Crippen molar-refractivity contribution in [1.29, 1.82) is 0 Å². The minimum Gasteiger partial charge on any atom is -0.352 e. The summed E-state index contributed by atoms with van der Waals surface area (Å²) in [5.41, 5.74) is 0.458. The van der Waals surface area contributed by atoms with Gasteiger partial charge in [-0.2, -0.15) is 0 Å². The summed E-state index contributed by atoms with van der Waals surface area (Å²) in [5, 5.41) is 5.52. The highest BCUT2D eigenvalue weighted by atomic mass is 16.2. The predicted molar refractivity (Wildman–Crippen MR) is 93.9 cm³/mol. The molecule has 2 N–H and O–H groups in total. The molecule has 0 bridgehead atoms. The second-order valence-electron chi connectivity index (χ2n) is 6.86. The maximum Gasteiger partial charge on any atom is 0.257 e. The number of carbonyl (C=O) groups excluding carboxylic acids is 3. The summed E-state index contributed by atoms with van der Waals surface area (Å²) in [5.74, 6) is -0.742. The molecule has 6 nitrogen and oxygen atoms in total. The number of hydrogen-bond donors (Lipinski definition) is 2. The van der Waals surface area contributed by atoms with Crippen molar-refractivity contribution in [3.63, 3.8) is 0 Å². The number of rotatable bonds is 5. The van der Waals surface area contributed by atoms with Gasteiger partial charge in [0.25, 0.3) is 5.91 Å². The highest BCUT2D eigenvalue weighted by molar-refractivity contribution is 6.06. The first kappa shape index (κ1) is 17.6. The molecule has 3 amide bonds. The standard InChI is InChI=1S/C19H25N3O3/c23-17(20-15-9-4-5-10-15)13-22-12-6-11-16(22)19(25)21-18(24)14-7-2-1-3-8-14/h1-3,7-8,15-16H,4-6,9-13H2,(H,20,23)(H,21,24,25)/t16-/m1/s1. The fourth-order valence-electron chi connectivity index (χ4n) is 3.70. The fourth-order valence-corrected chi connectivity index (χ4v) is 3.70. The van der Waals surface area contributed by atoms with E-state index in [9.17, 15) is 14.4 Å². The third-order valence-corrected chi connectivity index (χ3v) is 5.01. The van der Waals surface area contributed by atoms with Crippen LogP contribution in [0.4, 0.5) is 0 Å². The molecule has 0 radical (unpaired) electrons. The van der Waals surface area contributed by atoms with Gasteiger partial charge in [-0.05, 0) is 44.4 Å². The topological polar surface area (TPSA) is 78.5 Å². The summed E-state index contributed by atoms with van der Waals surface area (Å²) in [4.78, 5) is 38.7. The van der Waals surface area contributed by atoms with Gasteiger partial charge in [0, 0.05) is 11.6 Å². The number of benzene rings is 1. The smallest absolute Gasteiger partial charge is 0.257 e. The molecule has 1 aliphatic heterocycles. The molecule has 134 valence electrons. The summed E-state index contributed by atoms with van der Waals surface area (Å²) < 4.78 is 0. The number of amides is 3. The van der Waals surface area contributed by atoms with Crippen LogP contribution in [-0.2, 0) is 9.59 Å². The Morgan fingerprint density at radius 2 is 1.72 bits per heavy atom. The number of imide groups is 1. The third-order valence-electron chi connectivity index (χ3n) is 5.01. The van der Waals surface area contributed by atoms with Gasteiger partial charge in [0.2, 0.25) is 11.8 Å². The number of carbonyl (C=O) groups is 3. The van der Waals surface area contributed by atoms with Crippen molar-refractivity contribution >= 4 is 17.7 Å². The largest absolute Gasteiger partial charge is 0.352 e. The Morgan fingerprint density at radius 3 is 2.44 bits per heavy atom. The molecule has 0 aromatic heterocycles. The van der Waals surface area contributed by atoms with Crippen molar-refractivity contribution in [2.75, 3.05) is 13.1 Å². The van der Waals surface area contributed by atoms with E-state index in [1.807, 2.05) is 11.0 Å². The van der Waals surface area contributed by atoms with Crippen LogP contribution in [0.25, 0.3) is 0 Å². The minimum absolute atomic E-state index is 0.0269. The molecule has 25 heavy (non-hydrogen) atoms. The number of nitrogens with one attached hydrogen (secondary N) is 2. The molecule has 6 heteroatoms. The first-order valence-corrected chi connectivity index (χ1v) is 9.07. The van der Waals surface area contributed by atoms with Crippen LogP contribution in [-0.4, -0.2) is 47.8 Å². The Balaban J connectivity index is 1.52. The number of likely N-dealkylation sites (tertiary alicyclic amines) is 1. The average Bonchev–Trinajstić information content (AvgIpc) is 3.27. The molecule has 2 aliphatic rings. The van der Waals surface area contributed by atoms with Crippen molar-refractivity contribution in [1.82, 2.24) is 15.5 Å². The maximum absolute atomic E-state index is 12.5. The maximum atomic E-state index is 12.5. The predicted octanol–water partition coefficient (Wildman–Crippen LogP) is 1.47. The van der Waals surface area contributed by atoms with Crippen LogP contribution < -0.4 is 10.6 Å². The van der Waals surface area contributed by atoms with E-state index in [1.54, 1.807) is 24.3 Å². The Labute approximate surface area is 148 Å². The van der Waals surface area contributed by atoms with Crippen LogP contribution in [0.3, 0.4) is 0 Å². The lowest BCUT2D eigenvalue weighted by molar-refractivity contribution is -0.127. The number of nitrogens with zero attached hydrogens (tertiary/aromatic N) is 1. The van der Waals surface area contributed by atoms with Crippen LogP contribution >= 0.6 is 0 Å². The van der Waals surface area contributed by atoms with Gasteiger partial charge in [0.1, 0.15) is 0 Å². The van der Waals surface area contributed by atoms with Crippen LogP contribution in [0, 0.1) is 0 Å². The van der Waals surface area contributed by atoms with Crippen molar-refractivity contribution in [2.24, 2.45) is 0 Å². The van der Waals surface area contributed by atoms with Crippen molar-refractivity contribution in [2.45, 2.75) is 50.6 Å². The normalized spacial score (nSPS) is 21.2. The lowest BCUT2D eigenvalue weighted by atomic mass is 10.1. The molecule has 0 unspecified atom stereocenters. The number of hydrogen-bond acceptors (Lipinski definition) is 4. The Hall–Kier alpha value is -2.21. The van der Waals surface area contributed by atoms with Gasteiger partial charge in [-0.15, -0.1) is 0 Å². The van der Waals surface area contributed by atoms with Gasteiger partial charge >= 0.3 is 0 Å². The molecule has 0 spiro atoms. The van der Waals surface area contributed by atoms with E-state index in [2.05, 4.69) is 10.6 Å². The lowest BCUT2D eigenvalue weighted by Gasteiger charge is -2.23. The second kappa shape index (κ2) is 8.25. The molecule has 1 saturated heterocycles. The van der Waals surface area contributed by atoms with Crippen LogP contribution in [0.2, 0.25) is 0 Å². The first-order valence-electron chi connectivity index (χ1n) is 9.07. The summed E-state index contributed by atoms with van der Waals surface area (Å²) >= 11 is 0. The van der Waals surface area contributed by atoms with Gasteiger partial charge in [-0.3, -0.25) is 24.6 Å². The molecule has 1 heterocycles. The highest BCUT2D eigenvalue weighted by Gasteiger charge is 2.33. The Bertz CT molecular complexity index is 626. The first-order chi connectivity index (χ1) is 12.1. The Morgan fingerprint density at radius 1 is 1.00 bits per heavy atom. The van der Waals surface area contributed by atoms with Gasteiger partial charge in [-0.1, -0.05) is 31.0 Å². The molecular formula is C19H25N3O3. The van der Waals surface area contributed by atoms with Gasteiger partial charge in [0.15, 0.2) is 0 Å². The summed E-state index contributed by atoms with van der Waals surface area (Å²) in [6.07, 6.45) is 5.95. The van der Waals surface area contributed by atoms with Crippen LogP contribution in [0.5, 0.6) is 0 Å². The third kappa shape index (κ3) is 4.66. The van der Waals surface area contributed by atoms with E-state index < -0.39 is 11.9 Å². The lowest BCUT2D eigenvalue weighted by Crippen LogP contribution is -2.49. The van der Waals surface area contributed by atoms with Gasteiger partial charge in [-0.25, -0.2) is 0 Å². The van der Waals surface area contributed by atoms with E-state index in [-0.39, 0.29) is 24.4 Å². The van der Waals surface area contributed by atoms with E-state index >= 15 is 0 Å². The monoisotopic (exact) mass is 343 g/mol. The molecule has 1 aromatic rings. The van der Waals surface area contributed by atoms with Crippen molar-refractivity contribution in [3.8, 4) is 0 Å². The van der Waals surface area contributed by atoms with Gasteiger partial charge < -0.3 is 5.32 Å². The molecular weight excluding hydrogens is 318 g/mol. The van der Waals surface area contributed by atoms with Crippen LogP contribution in [0.15, 0.2) is 30.3 Å². The molecule has 1 saturated carbocycles. The molecule has 3 rings (SSSR count). The summed E-state index contributed by atoms with van der Waals surface area (Å²) in [6.45, 7) is 0.920. The zero-order valence-corrected chi connectivity index (χ0v) is 14.4. The molecule has 1 atom stereocenters. The van der Waals surface area contributed by atoms with E-state index in [1.165, 1.54) is 12.8 Å². The van der Waals surface area contributed by atoms with E-state index in [0.29, 0.717) is 18.5 Å². The highest BCUT2D eigenvalue weighted by Crippen LogP contribution is 2.19. The van der Waals surface area contributed by atoms with Crippen molar-refractivity contribution < 1.29 is 14.4 Å². The molecule has 1 aromatic carbocycles. The SMILES string of the molecule is O=C(CN1CCC[C@@H]1C(=O)NC(=O)c1ccccc1)NC1CCCC1. The summed E-state index contributed by atoms with van der Waals surface area (Å²) in [7, 11) is 0. The minimum atomic E-state index is -0.415. The van der Waals surface area contributed by atoms with Crippen LogP contribution in [0.1, 0.15) is 48.9 Å².